The van der Waals surface area contributed by atoms with Crippen LogP contribution in [0.3, 0.4) is 0 Å². The number of rotatable bonds is 18. The van der Waals surface area contributed by atoms with E-state index in [1.54, 1.807) is 55.1 Å². The smallest absolute Gasteiger partial charge is 0.124 e. The second-order valence-electron chi connectivity index (χ2n) is 20.2. The average Bonchev–Trinajstić information content (AvgIpc) is 4.26. The number of nitrogens with one attached hydrogen (secondary N) is 3. The lowest BCUT2D eigenvalue weighted by Crippen LogP contribution is -2.32. The van der Waals surface area contributed by atoms with Gasteiger partial charge in [0.25, 0.3) is 0 Å². The number of aliphatic imine (C=N–C) groups is 1. The van der Waals surface area contributed by atoms with Gasteiger partial charge in [0.1, 0.15) is 28.5 Å². The molecule has 11 rings (SSSR count). The molecule has 10 aromatic rings. The molecule has 0 spiro atoms. The van der Waals surface area contributed by atoms with Crippen molar-refractivity contribution < 1.29 is 8.78 Å². The SMILES string of the molecule is C=C/C=C\C(=C/C)c1cc2c(-c3cc4c(-c5cc(F)cc(CCCN(C)C)c5)cncc4[nH]3)nn(N(C)CCCc3cc(F)cc(-c4cncc5[nH]c(-c6n[nH]c7cnc(C8=CCN=CC(N(C)C)=C8)cc67)cc45)c3)c2cn1.CC. The van der Waals surface area contributed by atoms with E-state index in [4.69, 9.17) is 20.2 Å². The molecule has 9 heterocycles. The second-order valence-corrected chi connectivity index (χ2v) is 20.2. The number of hydrogen-bond donors (Lipinski definition) is 3. The van der Waals surface area contributed by atoms with Gasteiger partial charge in [0.15, 0.2) is 0 Å². The molecule has 16 heteroatoms. The lowest BCUT2D eigenvalue weighted by Gasteiger charge is -2.20. The molecule has 0 atom stereocenters. The number of allylic oxidation sites excluding steroid dienone is 8. The van der Waals surface area contributed by atoms with Crippen molar-refractivity contribution in [1.82, 2.24) is 59.8 Å². The van der Waals surface area contributed by atoms with Crippen LogP contribution < -0.4 is 5.01 Å². The molecule has 0 saturated heterocycles. The van der Waals surface area contributed by atoms with Gasteiger partial charge in [-0.15, -0.1) is 5.10 Å². The van der Waals surface area contributed by atoms with Crippen molar-refractivity contribution in [3.05, 3.63) is 181 Å². The van der Waals surface area contributed by atoms with E-state index in [0.717, 1.165) is 147 Å². The van der Waals surface area contributed by atoms with E-state index in [-0.39, 0.29) is 11.6 Å². The number of fused-ring (bicyclic) bond motifs is 4. The molecule has 0 amide bonds. The summed E-state index contributed by atoms with van der Waals surface area (Å²) in [7, 11) is 10.1. The minimum Gasteiger partial charge on any atom is -0.376 e. The molecule has 3 N–H and O–H groups in total. The molecule has 0 bridgehead atoms. The first-order valence-corrected chi connectivity index (χ1v) is 27.1. The van der Waals surface area contributed by atoms with Crippen LogP contribution in [0, 0.1) is 11.6 Å². The van der Waals surface area contributed by atoms with Crippen molar-refractivity contribution >= 4 is 61.0 Å². The third-order valence-corrected chi connectivity index (χ3v) is 14.2. The number of aromatic amines is 3. The van der Waals surface area contributed by atoms with E-state index in [9.17, 15) is 0 Å². The molecule has 0 aliphatic carbocycles. The van der Waals surface area contributed by atoms with Gasteiger partial charge < -0.3 is 19.8 Å². The van der Waals surface area contributed by atoms with Crippen LogP contribution >= 0.6 is 0 Å². The molecule has 1 aliphatic rings. The Kier molecular flexibility index (Phi) is 16.2. The summed E-state index contributed by atoms with van der Waals surface area (Å²) in [6.45, 7) is 11.9. The zero-order chi connectivity index (χ0) is 56.0. The Morgan fingerprint density at radius 1 is 0.700 bits per heavy atom. The first-order valence-electron chi connectivity index (χ1n) is 27.1. The minimum atomic E-state index is -0.325. The van der Waals surface area contributed by atoms with Crippen molar-refractivity contribution in [2.75, 3.05) is 59.9 Å². The van der Waals surface area contributed by atoms with Crippen LogP contribution in [0.2, 0.25) is 0 Å². The van der Waals surface area contributed by atoms with Crippen LogP contribution in [0.25, 0.3) is 99.8 Å². The molecule has 406 valence electrons. The van der Waals surface area contributed by atoms with Crippen LogP contribution in [0.1, 0.15) is 56.1 Å². The van der Waals surface area contributed by atoms with Gasteiger partial charge in [0.2, 0.25) is 0 Å². The monoisotopic (exact) mass is 1070 g/mol. The maximum atomic E-state index is 15.7. The quantitative estimate of drug-likeness (QED) is 0.0713. The largest absolute Gasteiger partial charge is 0.376 e. The first-order chi connectivity index (χ1) is 38.9. The summed E-state index contributed by atoms with van der Waals surface area (Å²) < 4.78 is 31.0. The zero-order valence-corrected chi connectivity index (χ0v) is 46.6. The molecule has 0 fully saturated rings. The molecular formula is C64H66F2N14. The zero-order valence-electron chi connectivity index (χ0n) is 46.6. The fourth-order valence-corrected chi connectivity index (χ4v) is 10.3. The van der Waals surface area contributed by atoms with E-state index < -0.39 is 0 Å². The molecule has 8 aromatic heterocycles. The summed E-state index contributed by atoms with van der Waals surface area (Å²) >= 11 is 0. The van der Waals surface area contributed by atoms with Gasteiger partial charge in [-0.25, -0.2) is 8.78 Å². The summed E-state index contributed by atoms with van der Waals surface area (Å²) in [6, 6.07) is 18.7. The molecule has 80 heavy (non-hydrogen) atoms. The summed E-state index contributed by atoms with van der Waals surface area (Å²) in [4.78, 5) is 36.6. The maximum Gasteiger partial charge on any atom is 0.124 e. The predicted molar refractivity (Wildman–Crippen MR) is 324 cm³/mol. The van der Waals surface area contributed by atoms with E-state index in [1.165, 1.54) is 0 Å². The number of H-pyrrole nitrogens is 3. The molecule has 0 radical (unpaired) electrons. The number of halogens is 2. The topological polar surface area (TPSA) is 152 Å². The Morgan fingerprint density at radius 3 is 1.98 bits per heavy atom. The van der Waals surface area contributed by atoms with Crippen molar-refractivity contribution in [3.63, 3.8) is 0 Å². The number of nitrogens with zero attached hydrogens (tertiary/aromatic N) is 11. The van der Waals surface area contributed by atoms with Gasteiger partial charge in [-0.05, 0) is 136 Å². The predicted octanol–water partition coefficient (Wildman–Crippen LogP) is 13.2. The summed E-state index contributed by atoms with van der Waals surface area (Å²) in [5.74, 6) is -0.601. The van der Waals surface area contributed by atoms with Gasteiger partial charge >= 0.3 is 0 Å². The Bertz CT molecular complexity index is 4070. The molecule has 2 aromatic carbocycles. The lowest BCUT2D eigenvalue weighted by atomic mass is 9.99. The highest BCUT2D eigenvalue weighted by Gasteiger charge is 2.22. The van der Waals surface area contributed by atoms with Crippen LogP contribution in [0.5, 0.6) is 0 Å². The van der Waals surface area contributed by atoms with E-state index in [0.29, 0.717) is 25.9 Å². The summed E-state index contributed by atoms with van der Waals surface area (Å²) in [5.41, 5.74) is 15.7. The molecule has 0 unspecified atom stereocenters. The van der Waals surface area contributed by atoms with E-state index in [1.807, 2.05) is 103 Å². The minimum absolute atomic E-state index is 0.276. The first kappa shape index (κ1) is 54.2. The van der Waals surface area contributed by atoms with Crippen LogP contribution in [-0.4, -0.2) is 121 Å². The molecule has 14 nitrogen and oxygen atoms in total. The van der Waals surface area contributed by atoms with E-state index in [2.05, 4.69) is 95.1 Å². The standard InChI is InChI=1S/C62H60F2N14.C2H6/c1-8-10-15-40(9-2)53-30-50-60(37-69-53)78(74-62(50)56-28-48-52(33-67-35-58(48)71-56)42-20-38(22-44(63)24-42)13-11-18-75(3)4)77(7)19-12-14-39-21-43(25-45(64)23-39)51-32-66-34-57-47(51)27-55(70-57)61-49-29-54(68-36-59(49)72-73-61)41-16-17-65-31-46(26-41)76(5)6;1-2/h8-10,15-16,20-37,70-71H,1,11-14,17-19H2,2-7H3,(H,72,73);1-2H3/b15-10-,40-9+;. The molecular weight excluding hydrogens is 1000 g/mol. The van der Waals surface area contributed by atoms with Gasteiger partial charge in [-0.2, -0.15) is 9.89 Å². The van der Waals surface area contributed by atoms with Crippen molar-refractivity contribution in [2.45, 2.75) is 46.5 Å². The number of aryl methyl sites for hydroxylation is 2. The number of pyridine rings is 4. The fourth-order valence-electron chi connectivity index (χ4n) is 10.3. The number of benzene rings is 2. The Labute approximate surface area is 464 Å². The second kappa shape index (κ2) is 23.8. The van der Waals surface area contributed by atoms with E-state index >= 15 is 8.78 Å². The highest BCUT2D eigenvalue weighted by molar-refractivity contribution is 6.03. The van der Waals surface area contributed by atoms with Gasteiger partial charge in [-0.1, -0.05) is 62.9 Å². The Balaban J connectivity index is 0.00000356. The lowest BCUT2D eigenvalue weighted by molar-refractivity contribution is 0.400. The molecule has 0 saturated carbocycles. The third kappa shape index (κ3) is 11.4. The summed E-state index contributed by atoms with van der Waals surface area (Å²) in [5, 5.41) is 18.8. The average molecular weight is 1070 g/mol. The summed E-state index contributed by atoms with van der Waals surface area (Å²) in [6.07, 6.45) is 27.5. The van der Waals surface area contributed by atoms with Crippen LogP contribution in [-0.2, 0) is 12.8 Å². The van der Waals surface area contributed by atoms with Gasteiger partial charge in [0.05, 0.1) is 76.4 Å². The van der Waals surface area contributed by atoms with Crippen molar-refractivity contribution in [1.29, 1.82) is 0 Å². The van der Waals surface area contributed by atoms with Gasteiger partial charge in [-0.3, -0.25) is 35.0 Å². The van der Waals surface area contributed by atoms with Gasteiger partial charge in [0, 0.05) is 84.5 Å². The molecule has 1 aliphatic heterocycles. The van der Waals surface area contributed by atoms with Crippen molar-refractivity contribution in [2.24, 2.45) is 4.99 Å². The fraction of sp³-hybridized carbons (Fsp3) is 0.234. The highest BCUT2D eigenvalue weighted by atomic mass is 19.1. The van der Waals surface area contributed by atoms with Crippen LogP contribution in [0.4, 0.5) is 8.78 Å². The number of hydrogen-bond acceptors (Lipinski definition) is 10. The third-order valence-electron chi connectivity index (χ3n) is 14.2. The van der Waals surface area contributed by atoms with Crippen molar-refractivity contribution in [3.8, 4) is 45.0 Å². The Morgan fingerprint density at radius 2 is 1.35 bits per heavy atom. The maximum absolute atomic E-state index is 15.7. The van der Waals surface area contributed by atoms with Crippen LogP contribution in [0.15, 0.2) is 152 Å². The highest BCUT2D eigenvalue weighted by Crippen LogP contribution is 2.38. The number of aromatic nitrogens is 10. The normalized spacial score (nSPS) is 12.9. The Hall–Kier alpha value is -9.15.